The van der Waals surface area contributed by atoms with Gasteiger partial charge in [-0.3, -0.25) is 4.98 Å². The normalized spacial score (nSPS) is 11.3. The average Bonchev–Trinajstić information content (AvgIpc) is 2.75. The smallest absolute Gasteiger partial charge is 0.335 e. The van der Waals surface area contributed by atoms with E-state index in [-0.39, 0.29) is 17.7 Å². The van der Waals surface area contributed by atoms with Gasteiger partial charge in [0.2, 0.25) is 0 Å². The van der Waals surface area contributed by atoms with Crippen LogP contribution in [0.15, 0.2) is 79.1 Å². The van der Waals surface area contributed by atoms with E-state index < -0.39 is 5.97 Å². The number of rotatable bonds is 8. The van der Waals surface area contributed by atoms with Crippen molar-refractivity contribution in [2.75, 3.05) is 11.9 Å². The number of ether oxygens (including phenoxy) is 1. The van der Waals surface area contributed by atoms with Gasteiger partial charge < -0.3 is 20.5 Å². The zero-order valence-electron chi connectivity index (χ0n) is 15.6. The Bertz CT molecular complexity index is 931. The number of anilines is 1. The molecule has 0 radical (unpaired) electrons. The molecule has 0 saturated carbocycles. The van der Waals surface area contributed by atoms with Crippen molar-refractivity contribution in [3.8, 4) is 5.75 Å². The summed E-state index contributed by atoms with van der Waals surface area (Å²) in [5.74, 6) is -0.425. The van der Waals surface area contributed by atoms with Crippen LogP contribution in [0, 0.1) is 0 Å². The number of nitrogens with one attached hydrogen (secondary N) is 2. The molecule has 0 saturated heterocycles. The zero-order valence-corrected chi connectivity index (χ0v) is 15.6. The fraction of sp³-hybridized carbons (Fsp3) is 0.136. The molecule has 0 bridgehead atoms. The van der Waals surface area contributed by atoms with Gasteiger partial charge >= 0.3 is 12.0 Å². The summed E-state index contributed by atoms with van der Waals surface area (Å²) < 4.78 is 6.06. The van der Waals surface area contributed by atoms with Gasteiger partial charge in [-0.25, -0.2) is 9.59 Å². The summed E-state index contributed by atoms with van der Waals surface area (Å²) >= 11 is 0. The highest BCUT2D eigenvalue weighted by Gasteiger charge is 2.14. The number of urea groups is 1. The lowest BCUT2D eigenvalue weighted by Gasteiger charge is -2.20. The van der Waals surface area contributed by atoms with E-state index in [1.54, 1.807) is 36.7 Å². The Labute approximate surface area is 168 Å². The molecule has 1 atom stereocenters. The van der Waals surface area contributed by atoms with Gasteiger partial charge in [0.15, 0.2) is 0 Å². The number of aromatic nitrogens is 1. The van der Waals surface area contributed by atoms with Crippen molar-refractivity contribution in [2.24, 2.45) is 0 Å². The number of hydrogen-bond donors (Lipinski definition) is 3. The highest BCUT2D eigenvalue weighted by Crippen LogP contribution is 2.25. The molecule has 0 aliphatic carbocycles. The topological polar surface area (TPSA) is 101 Å². The monoisotopic (exact) mass is 391 g/mol. The number of carbonyl (C=O) groups excluding carboxylic acids is 1. The number of benzene rings is 2. The van der Waals surface area contributed by atoms with Gasteiger partial charge in [0.25, 0.3) is 0 Å². The van der Waals surface area contributed by atoms with Gasteiger partial charge in [-0.15, -0.1) is 0 Å². The highest BCUT2D eigenvalue weighted by atomic mass is 16.5. The summed E-state index contributed by atoms with van der Waals surface area (Å²) in [6, 6.07) is 19.0. The number of pyridine rings is 1. The summed E-state index contributed by atoms with van der Waals surface area (Å²) in [7, 11) is 0. The van der Waals surface area contributed by atoms with Gasteiger partial charge in [-0.05, 0) is 42.0 Å². The molecule has 3 N–H and O–H groups in total. The number of amides is 2. The Balaban J connectivity index is 1.60. The summed E-state index contributed by atoms with van der Waals surface area (Å²) in [5, 5.41) is 14.6. The third kappa shape index (κ3) is 6.07. The van der Waals surface area contributed by atoms with Crippen LogP contribution in [0.5, 0.6) is 5.75 Å². The molecule has 0 fully saturated rings. The Morgan fingerprint density at radius 2 is 1.66 bits per heavy atom. The van der Waals surface area contributed by atoms with Crippen molar-refractivity contribution in [2.45, 2.75) is 12.5 Å². The lowest BCUT2D eigenvalue weighted by molar-refractivity contribution is 0.0697. The molecule has 1 aromatic heterocycles. The van der Waals surface area contributed by atoms with E-state index in [1.165, 1.54) is 12.1 Å². The minimum atomic E-state index is -0.986. The fourth-order valence-electron chi connectivity index (χ4n) is 2.73. The molecule has 1 heterocycles. The maximum atomic E-state index is 12.1. The predicted octanol–water partition coefficient (Wildman–Crippen LogP) is 4.11. The molecule has 7 nitrogen and oxygen atoms in total. The number of carboxylic acid groups (broad SMARTS) is 1. The van der Waals surface area contributed by atoms with Crippen molar-refractivity contribution in [3.05, 3.63) is 90.3 Å². The molecule has 0 spiro atoms. The average molecular weight is 391 g/mol. The van der Waals surface area contributed by atoms with Crippen molar-refractivity contribution < 1.29 is 19.4 Å². The number of hydrogen-bond acceptors (Lipinski definition) is 4. The van der Waals surface area contributed by atoms with Crippen LogP contribution in [0.25, 0.3) is 0 Å². The van der Waals surface area contributed by atoms with Crippen LogP contribution in [-0.2, 0) is 0 Å². The van der Waals surface area contributed by atoms with Crippen molar-refractivity contribution in [1.82, 2.24) is 10.3 Å². The largest absolute Gasteiger partial charge is 0.486 e. The summed E-state index contributed by atoms with van der Waals surface area (Å²) in [6.45, 7) is 0.393. The first-order valence-corrected chi connectivity index (χ1v) is 9.11. The van der Waals surface area contributed by atoms with Gasteiger partial charge in [0.05, 0.1) is 5.56 Å². The molecule has 0 aliphatic heterocycles. The van der Waals surface area contributed by atoms with E-state index in [0.717, 1.165) is 5.56 Å². The SMILES string of the molecule is O=C(NCCC(Oc1ccc(C(=O)O)cc1)c1ccccc1)Nc1ccncc1. The predicted molar refractivity (Wildman–Crippen MR) is 109 cm³/mol. The molecule has 148 valence electrons. The van der Waals surface area contributed by atoms with Crippen LogP contribution in [-0.4, -0.2) is 28.6 Å². The molecular weight excluding hydrogens is 370 g/mol. The minimum Gasteiger partial charge on any atom is -0.486 e. The van der Waals surface area contributed by atoms with Crippen LogP contribution in [0.1, 0.15) is 28.4 Å². The third-order valence-electron chi connectivity index (χ3n) is 4.18. The summed E-state index contributed by atoms with van der Waals surface area (Å²) in [6.07, 6.45) is 3.44. The first kappa shape index (κ1) is 19.9. The second-order valence-electron chi connectivity index (χ2n) is 6.25. The van der Waals surface area contributed by atoms with Crippen molar-refractivity contribution >= 4 is 17.7 Å². The summed E-state index contributed by atoms with van der Waals surface area (Å²) in [4.78, 5) is 27.0. The van der Waals surface area contributed by atoms with Gasteiger partial charge in [0, 0.05) is 31.0 Å². The third-order valence-corrected chi connectivity index (χ3v) is 4.18. The number of carbonyl (C=O) groups is 2. The lowest BCUT2D eigenvalue weighted by Crippen LogP contribution is -2.30. The Kier molecular flexibility index (Phi) is 6.78. The Hall–Kier alpha value is -3.87. The van der Waals surface area contributed by atoms with Crippen LogP contribution in [0.4, 0.5) is 10.5 Å². The molecule has 29 heavy (non-hydrogen) atoms. The van der Waals surface area contributed by atoms with E-state index >= 15 is 0 Å². The molecule has 7 heteroatoms. The molecule has 3 aromatic rings. The number of nitrogens with zero attached hydrogens (tertiary/aromatic N) is 1. The number of carboxylic acids is 1. The molecule has 2 aromatic carbocycles. The van der Waals surface area contributed by atoms with E-state index in [1.807, 2.05) is 30.3 Å². The molecule has 3 rings (SSSR count). The lowest BCUT2D eigenvalue weighted by atomic mass is 10.1. The quantitative estimate of drug-likeness (QED) is 0.536. The molecule has 0 aliphatic rings. The second kappa shape index (κ2) is 9.89. The Morgan fingerprint density at radius 3 is 2.31 bits per heavy atom. The van der Waals surface area contributed by atoms with Crippen LogP contribution < -0.4 is 15.4 Å². The molecular formula is C22H21N3O4. The first-order valence-electron chi connectivity index (χ1n) is 9.11. The summed E-state index contributed by atoms with van der Waals surface area (Å²) in [5.41, 5.74) is 1.82. The number of aromatic carboxylic acids is 1. The van der Waals surface area contributed by atoms with E-state index in [9.17, 15) is 9.59 Å². The molecule has 2 amide bonds. The molecule has 1 unspecified atom stereocenters. The van der Waals surface area contributed by atoms with Gasteiger partial charge in [-0.2, -0.15) is 0 Å². The maximum absolute atomic E-state index is 12.1. The minimum absolute atomic E-state index is 0.197. The highest BCUT2D eigenvalue weighted by molar-refractivity contribution is 5.89. The van der Waals surface area contributed by atoms with E-state index in [0.29, 0.717) is 24.4 Å². The Morgan fingerprint density at radius 1 is 0.966 bits per heavy atom. The standard InChI is InChI=1S/C22H21N3O4/c26-21(27)17-6-8-19(9-7-17)29-20(16-4-2-1-3-5-16)12-15-24-22(28)25-18-10-13-23-14-11-18/h1-11,13-14,20H,12,15H2,(H,26,27)(H2,23,24,25,28). The first-order chi connectivity index (χ1) is 14.1. The van der Waals surface area contributed by atoms with E-state index in [4.69, 9.17) is 9.84 Å². The van der Waals surface area contributed by atoms with Gasteiger partial charge in [0.1, 0.15) is 11.9 Å². The van der Waals surface area contributed by atoms with Crippen LogP contribution >= 0.6 is 0 Å². The van der Waals surface area contributed by atoms with Crippen LogP contribution in [0.3, 0.4) is 0 Å². The zero-order chi connectivity index (χ0) is 20.5. The van der Waals surface area contributed by atoms with Crippen LogP contribution in [0.2, 0.25) is 0 Å². The van der Waals surface area contributed by atoms with E-state index in [2.05, 4.69) is 15.6 Å². The van der Waals surface area contributed by atoms with Crippen molar-refractivity contribution in [3.63, 3.8) is 0 Å². The second-order valence-corrected chi connectivity index (χ2v) is 6.25. The van der Waals surface area contributed by atoms with Gasteiger partial charge in [-0.1, -0.05) is 30.3 Å². The fourth-order valence-corrected chi connectivity index (χ4v) is 2.73. The maximum Gasteiger partial charge on any atom is 0.335 e. The van der Waals surface area contributed by atoms with Crippen molar-refractivity contribution in [1.29, 1.82) is 0 Å².